The van der Waals surface area contributed by atoms with E-state index >= 15 is 0 Å². The van der Waals surface area contributed by atoms with Crippen LogP contribution in [0.3, 0.4) is 0 Å². The van der Waals surface area contributed by atoms with Crippen LogP contribution in [0.5, 0.6) is 5.75 Å². The van der Waals surface area contributed by atoms with Gasteiger partial charge < -0.3 is 19.9 Å². The molecule has 0 aliphatic carbocycles. The van der Waals surface area contributed by atoms with E-state index in [0.29, 0.717) is 33.3 Å². The normalized spacial score (nSPS) is 10.7. The van der Waals surface area contributed by atoms with E-state index in [4.69, 9.17) is 27.9 Å². The van der Waals surface area contributed by atoms with E-state index in [0.717, 1.165) is 11.3 Å². The molecule has 0 unspecified atom stereocenters. The molecule has 3 rings (SSSR count). The lowest BCUT2D eigenvalue weighted by atomic mass is 10.1. The van der Waals surface area contributed by atoms with Crippen molar-refractivity contribution in [3.05, 3.63) is 63.9 Å². The van der Waals surface area contributed by atoms with E-state index in [1.807, 2.05) is 35.8 Å². The second-order valence-corrected chi connectivity index (χ2v) is 8.69. The van der Waals surface area contributed by atoms with Crippen LogP contribution in [0.15, 0.2) is 47.6 Å². The van der Waals surface area contributed by atoms with Crippen molar-refractivity contribution < 1.29 is 14.3 Å². The number of hydrogen-bond acceptors (Lipinski definition) is 6. The number of halogens is 2. The van der Waals surface area contributed by atoms with Crippen molar-refractivity contribution >= 4 is 52.5 Å². The van der Waals surface area contributed by atoms with Crippen molar-refractivity contribution in [2.45, 2.75) is 31.6 Å². The molecule has 0 saturated carbocycles. The first-order valence-corrected chi connectivity index (χ1v) is 11.8. The fourth-order valence-electron chi connectivity index (χ4n) is 2.95. The molecule has 33 heavy (non-hydrogen) atoms. The lowest BCUT2D eigenvalue weighted by Gasteiger charge is -2.09. The highest BCUT2D eigenvalue weighted by Crippen LogP contribution is 2.26. The summed E-state index contributed by atoms with van der Waals surface area (Å²) in [5, 5.41) is 15.4. The van der Waals surface area contributed by atoms with Crippen LogP contribution < -0.4 is 15.4 Å². The Morgan fingerprint density at radius 2 is 1.85 bits per heavy atom. The van der Waals surface area contributed by atoms with E-state index < -0.39 is 0 Å². The number of nitrogens with one attached hydrogen (secondary N) is 2. The molecule has 1 aromatic heterocycles. The number of carbonyl (C=O) groups excluding carboxylic acids is 2. The first-order chi connectivity index (χ1) is 15.9. The Morgan fingerprint density at radius 1 is 1.09 bits per heavy atom. The van der Waals surface area contributed by atoms with Crippen molar-refractivity contribution in [1.82, 2.24) is 20.1 Å². The summed E-state index contributed by atoms with van der Waals surface area (Å²) in [4.78, 5) is 24.6. The first-order valence-electron chi connectivity index (χ1n) is 10.1. The maximum atomic E-state index is 12.3. The third kappa shape index (κ3) is 7.12. The summed E-state index contributed by atoms with van der Waals surface area (Å²) in [5.74, 6) is 1.12. The molecular formula is C22H23Cl2N5O3S. The molecule has 0 fully saturated rings. The zero-order chi connectivity index (χ0) is 23.8. The minimum absolute atomic E-state index is 0.126. The number of benzene rings is 2. The molecule has 8 nitrogen and oxygen atoms in total. The number of methoxy groups -OCH3 is 1. The fourth-order valence-corrected chi connectivity index (χ4v) is 4.23. The van der Waals surface area contributed by atoms with Crippen LogP contribution in [-0.2, 0) is 29.1 Å². The van der Waals surface area contributed by atoms with Gasteiger partial charge in [-0.3, -0.25) is 9.59 Å². The Balaban J connectivity index is 1.52. The summed E-state index contributed by atoms with van der Waals surface area (Å²) in [5.41, 5.74) is 1.37. The number of hydrogen-bond donors (Lipinski definition) is 2. The first kappa shape index (κ1) is 24.9. The maximum absolute atomic E-state index is 12.3. The maximum Gasteiger partial charge on any atom is 0.234 e. The molecule has 0 saturated heterocycles. The zero-order valence-electron chi connectivity index (χ0n) is 18.1. The predicted molar refractivity (Wildman–Crippen MR) is 130 cm³/mol. The van der Waals surface area contributed by atoms with E-state index in [1.54, 1.807) is 25.3 Å². The Labute approximate surface area is 206 Å². The molecular weight excluding hydrogens is 485 g/mol. The summed E-state index contributed by atoms with van der Waals surface area (Å²) in [7, 11) is 1.60. The van der Waals surface area contributed by atoms with Crippen LogP contribution in [0.25, 0.3) is 0 Å². The van der Waals surface area contributed by atoms with E-state index in [9.17, 15) is 9.59 Å². The largest absolute Gasteiger partial charge is 0.497 e. The molecule has 0 atom stereocenters. The van der Waals surface area contributed by atoms with Gasteiger partial charge in [0.15, 0.2) is 11.0 Å². The van der Waals surface area contributed by atoms with Gasteiger partial charge in [0.05, 0.1) is 36.5 Å². The minimum atomic E-state index is -0.232. The number of amides is 2. The third-order valence-corrected chi connectivity index (χ3v) is 6.13. The third-order valence-electron chi connectivity index (χ3n) is 4.61. The van der Waals surface area contributed by atoms with Crippen LogP contribution in [0.2, 0.25) is 10.0 Å². The smallest absolute Gasteiger partial charge is 0.234 e. The highest BCUT2D eigenvalue weighted by atomic mass is 35.5. The molecule has 3 aromatic rings. The van der Waals surface area contributed by atoms with Gasteiger partial charge in [0.2, 0.25) is 11.8 Å². The highest BCUT2D eigenvalue weighted by molar-refractivity contribution is 7.99. The number of carbonyl (C=O) groups is 2. The molecule has 0 radical (unpaired) electrons. The quantitative estimate of drug-likeness (QED) is 0.399. The molecule has 174 valence electrons. The standard InChI is InChI=1S/C22H23Cl2N5O3S/c1-3-29-19(12-25-20(30)10-14-4-7-16(32-2)8-5-14)27-28-22(29)33-13-21(31)26-18-9-6-15(23)11-17(18)24/h4-9,11H,3,10,12-13H2,1-2H3,(H,25,30)(H,26,31). The van der Waals surface area contributed by atoms with Gasteiger partial charge in [0, 0.05) is 11.6 Å². The van der Waals surface area contributed by atoms with Crippen LogP contribution in [0.1, 0.15) is 18.3 Å². The Morgan fingerprint density at radius 3 is 2.52 bits per heavy atom. The van der Waals surface area contributed by atoms with E-state index in [1.165, 1.54) is 11.8 Å². The summed E-state index contributed by atoms with van der Waals surface area (Å²) < 4.78 is 6.99. The summed E-state index contributed by atoms with van der Waals surface area (Å²) >= 11 is 13.2. The number of nitrogens with zero attached hydrogens (tertiary/aromatic N) is 3. The number of thioether (sulfide) groups is 1. The topological polar surface area (TPSA) is 98.1 Å². The van der Waals surface area contributed by atoms with E-state index in [-0.39, 0.29) is 30.5 Å². The number of ether oxygens (including phenoxy) is 1. The predicted octanol–water partition coefficient (Wildman–Crippen LogP) is 4.20. The molecule has 2 amide bonds. The average Bonchev–Trinajstić information content (AvgIpc) is 3.20. The van der Waals surface area contributed by atoms with Gasteiger partial charge in [0.1, 0.15) is 5.75 Å². The minimum Gasteiger partial charge on any atom is -0.497 e. The lowest BCUT2D eigenvalue weighted by Crippen LogP contribution is -2.26. The molecule has 0 bridgehead atoms. The second-order valence-electron chi connectivity index (χ2n) is 6.91. The molecule has 11 heteroatoms. The summed E-state index contributed by atoms with van der Waals surface area (Å²) in [6, 6.07) is 12.2. The van der Waals surface area contributed by atoms with Gasteiger partial charge in [-0.05, 0) is 42.8 Å². The van der Waals surface area contributed by atoms with Gasteiger partial charge >= 0.3 is 0 Å². The lowest BCUT2D eigenvalue weighted by molar-refractivity contribution is -0.120. The van der Waals surface area contributed by atoms with E-state index in [2.05, 4.69) is 20.8 Å². The Bertz CT molecular complexity index is 1120. The van der Waals surface area contributed by atoms with Gasteiger partial charge in [-0.1, -0.05) is 47.1 Å². The van der Waals surface area contributed by atoms with Crippen molar-refractivity contribution in [2.24, 2.45) is 0 Å². The second kappa shape index (κ2) is 11.9. The van der Waals surface area contributed by atoms with Crippen molar-refractivity contribution in [3.8, 4) is 5.75 Å². The fraction of sp³-hybridized carbons (Fsp3) is 0.273. The molecule has 2 aromatic carbocycles. The Hall–Kier alpha value is -2.75. The number of aromatic nitrogens is 3. The molecule has 0 aliphatic heterocycles. The number of rotatable bonds is 10. The molecule has 0 aliphatic rings. The molecule has 0 spiro atoms. The van der Waals surface area contributed by atoms with Crippen LogP contribution in [-0.4, -0.2) is 39.4 Å². The monoisotopic (exact) mass is 507 g/mol. The van der Waals surface area contributed by atoms with Crippen molar-refractivity contribution in [3.63, 3.8) is 0 Å². The average molecular weight is 508 g/mol. The molecule has 2 N–H and O–H groups in total. The van der Waals surface area contributed by atoms with Gasteiger partial charge in [-0.25, -0.2) is 0 Å². The number of anilines is 1. The van der Waals surface area contributed by atoms with Crippen LogP contribution in [0, 0.1) is 0 Å². The van der Waals surface area contributed by atoms with Gasteiger partial charge in [-0.15, -0.1) is 10.2 Å². The van der Waals surface area contributed by atoms with Gasteiger partial charge in [0.25, 0.3) is 0 Å². The van der Waals surface area contributed by atoms with Crippen molar-refractivity contribution in [1.29, 1.82) is 0 Å². The van der Waals surface area contributed by atoms with Crippen molar-refractivity contribution in [2.75, 3.05) is 18.2 Å². The molecule has 1 heterocycles. The Kier molecular flexibility index (Phi) is 8.99. The zero-order valence-corrected chi connectivity index (χ0v) is 20.4. The summed E-state index contributed by atoms with van der Waals surface area (Å²) in [6.07, 6.45) is 0.249. The van der Waals surface area contributed by atoms with Crippen LogP contribution >= 0.6 is 35.0 Å². The SMILES string of the molecule is CCn1c(CNC(=O)Cc2ccc(OC)cc2)nnc1SCC(=O)Nc1ccc(Cl)cc1Cl. The van der Waals surface area contributed by atoms with Gasteiger partial charge in [-0.2, -0.15) is 0 Å². The van der Waals surface area contributed by atoms with Crippen LogP contribution in [0.4, 0.5) is 5.69 Å². The highest BCUT2D eigenvalue weighted by Gasteiger charge is 2.15. The summed E-state index contributed by atoms with van der Waals surface area (Å²) in [6.45, 7) is 2.79.